The third-order valence-corrected chi connectivity index (χ3v) is 4.13. The van der Waals surface area contributed by atoms with Crippen LogP contribution in [0.2, 0.25) is 0 Å². The van der Waals surface area contributed by atoms with E-state index in [0.717, 1.165) is 19.6 Å². The lowest BCUT2D eigenvalue weighted by Gasteiger charge is -2.44. The second-order valence-corrected chi connectivity index (χ2v) is 5.35. The molecule has 1 atom stereocenters. The number of nitrogens with zero attached hydrogens (tertiary/aromatic N) is 1. The zero-order valence-electron chi connectivity index (χ0n) is 10.7. The quantitative estimate of drug-likeness (QED) is 0.806. The zero-order chi connectivity index (χ0) is 13.4. The fraction of sp³-hybridized carbons (Fsp3) is 0.500. The van der Waals surface area contributed by atoms with Crippen molar-refractivity contribution in [1.82, 2.24) is 4.90 Å². The highest BCUT2D eigenvalue weighted by Crippen LogP contribution is 2.32. The van der Waals surface area contributed by atoms with E-state index in [1.54, 1.807) is 6.07 Å². The van der Waals surface area contributed by atoms with Crippen LogP contribution in [0.5, 0.6) is 5.75 Å². The standard InChI is InChI=1S/C14H18N2O3/c15-11-7-10(14(17)18)1-2-12(11)19-13-8-16-5-3-9(13)4-6-16/h1-2,7,9,13H,3-6,8,15H2,(H,17,18). The third-order valence-electron chi connectivity index (χ3n) is 4.13. The van der Waals surface area contributed by atoms with Crippen LogP contribution in [0, 0.1) is 5.92 Å². The number of hydrogen-bond acceptors (Lipinski definition) is 4. The predicted molar refractivity (Wildman–Crippen MR) is 71.4 cm³/mol. The summed E-state index contributed by atoms with van der Waals surface area (Å²) in [5, 5.41) is 8.90. The minimum absolute atomic E-state index is 0.181. The van der Waals surface area contributed by atoms with Crippen LogP contribution in [-0.4, -0.2) is 41.7 Å². The van der Waals surface area contributed by atoms with E-state index >= 15 is 0 Å². The van der Waals surface area contributed by atoms with E-state index < -0.39 is 5.97 Å². The average Bonchev–Trinajstić information content (AvgIpc) is 2.42. The molecule has 2 bridgehead atoms. The van der Waals surface area contributed by atoms with Crippen molar-refractivity contribution in [1.29, 1.82) is 0 Å². The number of nitrogens with two attached hydrogens (primary N) is 1. The molecule has 5 nitrogen and oxygen atoms in total. The second kappa shape index (κ2) is 4.74. The smallest absolute Gasteiger partial charge is 0.335 e. The lowest BCUT2D eigenvalue weighted by atomic mass is 9.86. The van der Waals surface area contributed by atoms with Crippen molar-refractivity contribution < 1.29 is 14.6 Å². The van der Waals surface area contributed by atoms with Gasteiger partial charge in [-0.3, -0.25) is 4.90 Å². The van der Waals surface area contributed by atoms with Gasteiger partial charge in [-0.25, -0.2) is 4.79 Å². The molecule has 3 aliphatic heterocycles. The summed E-state index contributed by atoms with van der Waals surface area (Å²) in [6.07, 6.45) is 2.54. The number of carboxylic acid groups (broad SMARTS) is 1. The molecule has 0 aromatic heterocycles. The van der Waals surface area contributed by atoms with Gasteiger partial charge in [0, 0.05) is 6.54 Å². The molecule has 1 aromatic carbocycles. The van der Waals surface area contributed by atoms with Crippen LogP contribution in [0.1, 0.15) is 23.2 Å². The van der Waals surface area contributed by atoms with Crippen LogP contribution in [0.25, 0.3) is 0 Å². The van der Waals surface area contributed by atoms with Crippen molar-refractivity contribution in [2.75, 3.05) is 25.4 Å². The Kier molecular flexibility index (Phi) is 3.06. The van der Waals surface area contributed by atoms with Crippen LogP contribution < -0.4 is 10.5 Å². The largest absolute Gasteiger partial charge is 0.487 e. The molecule has 5 heteroatoms. The van der Waals surface area contributed by atoms with Gasteiger partial charge in [0.15, 0.2) is 0 Å². The molecule has 0 amide bonds. The summed E-state index contributed by atoms with van der Waals surface area (Å²) >= 11 is 0. The Morgan fingerprint density at radius 1 is 1.37 bits per heavy atom. The van der Waals surface area contributed by atoms with Crippen molar-refractivity contribution in [3.05, 3.63) is 23.8 Å². The Balaban J connectivity index is 1.75. The molecular weight excluding hydrogens is 244 g/mol. The van der Waals surface area contributed by atoms with E-state index in [0.29, 0.717) is 17.4 Å². The molecule has 0 radical (unpaired) electrons. The topological polar surface area (TPSA) is 75.8 Å². The number of ether oxygens (including phenoxy) is 1. The number of anilines is 1. The van der Waals surface area contributed by atoms with Crippen molar-refractivity contribution in [3.63, 3.8) is 0 Å². The highest BCUT2D eigenvalue weighted by molar-refractivity contribution is 5.89. The van der Waals surface area contributed by atoms with Crippen molar-refractivity contribution in [3.8, 4) is 5.75 Å². The van der Waals surface area contributed by atoms with Crippen LogP contribution in [0.4, 0.5) is 5.69 Å². The average molecular weight is 262 g/mol. The van der Waals surface area contributed by atoms with E-state index in [-0.39, 0.29) is 11.7 Å². The van der Waals surface area contributed by atoms with Gasteiger partial charge < -0.3 is 15.6 Å². The van der Waals surface area contributed by atoms with E-state index in [1.807, 2.05) is 0 Å². The molecule has 3 aliphatic rings. The van der Waals surface area contributed by atoms with Crippen LogP contribution >= 0.6 is 0 Å². The number of piperidine rings is 3. The maximum absolute atomic E-state index is 10.9. The number of fused-ring (bicyclic) bond motifs is 3. The van der Waals surface area contributed by atoms with Gasteiger partial charge in [0.25, 0.3) is 0 Å². The Bertz CT molecular complexity index is 495. The summed E-state index contributed by atoms with van der Waals surface area (Å²) in [5.74, 6) is 0.230. The first kappa shape index (κ1) is 12.3. The number of carbonyl (C=O) groups is 1. The minimum Gasteiger partial charge on any atom is -0.487 e. The molecule has 19 heavy (non-hydrogen) atoms. The maximum atomic E-state index is 10.9. The highest BCUT2D eigenvalue weighted by Gasteiger charge is 2.35. The summed E-state index contributed by atoms with van der Waals surface area (Å²) in [5.41, 5.74) is 6.47. The van der Waals surface area contributed by atoms with Gasteiger partial charge in [-0.1, -0.05) is 0 Å². The maximum Gasteiger partial charge on any atom is 0.335 e. The molecule has 1 aromatic rings. The molecule has 3 saturated heterocycles. The highest BCUT2D eigenvalue weighted by atomic mass is 16.5. The molecule has 3 N–H and O–H groups in total. The van der Waals surface area contributed by atoms with Crippen molar-refractivity contribution >= 4 is 11.7 Å². The van der Waals surface area contributed by atoms with Gasteiger partial charge in [-0.05, 0) is 50.0 Å². The van der Waals surface area contributed by atoms with Crippen molar-refractivity contribution in [2.24, 2.45) is 5.92 Å². The molecule has 102 valence electrons. The van der Waals surface area contributed by atoms with Gasteiger partial charge in [0.1, 0.15) is 11.9 Å². The molecular formula is C14H18N2O3. The Morgan fingerprint density at radius 2 is 2.11 bits per heavy atom. The van der Waals surface area contributed by atoms with Gasteiger partial charge >= 0.3 is 5.97 Å². The summed E-state index contributed by atoms with van der Waals surface area (Å²) in [4.78, 5) is 13.3. The second-order valence-electron chi connectivity index (χ2n) is 5.35. The molecule has 3 fully saturated rings. The first-order valence-electron chi connectivity index (χ1n) is 6.65. The first-order valence-corrected chi connectivity index (χ1v) is 6.65. The van der Waals surface area contributed by atoms with Gasteiger partial charge in [0.2, 0.25) is 0 Å². The van der Waals surface area contributed by atoms with Gasteiger partial charge in [-0.15, -0.1) is 0 Å². The van der Waals surface area contributed by atoms with Crippen LogP contribution in [0.3, 0.4) is 0 Å². The van der Waals surface area contributed by atoms with E-state index in [9.17, 15) is 4.79 Å². The fourth-order valence-corrected chi connectivity index (χ4v) is 3.00. The summed E-state index contributed by atoms with van der Waals surface area (Å²) in [6, 6.07) is 4.66. The minimum atomic E-state index is -0.971. The molecule has 3 heterocycles. The van der Waals surface area contributed by atoms with Crippen LogP contribution in [0.15, 0.2) is 18.2 Å². The van der Waals surface area contributed by atoms with Gasteiger partial charge in [0.05, 0.1) is 11.3 Å². The normalized spacial score (nSPS) is 29.2. The predicted octanol–water partition coefficient (Wildman–Crippen LogP) is 1.44. The number of carboxylic acids is 1. The molecule has 0 saturated carbocycles. The number of benzene rings is 1. The number of nitrogen functional groups attached to an aromatic ring is 1. The van der Waals surface area contributed by atoms with Crippen LogP contribution in [-0.2, 0) is 0 Å². The SMILES string of the molecule is Nc1cc(C(=O)O)ccc1OC1CN2CCC1CC2. The number of hydrogen-bond donors (Lipinski definition) is 2. The molecule has 0 aliphatic carbocycles. The van der Waals surface area contributed by atoms with E-state index in [4.69, 9.17) is 15.6 Å². The summed E-state index contributed by atoms with van der Waals surface area (Å²) in [7, 11) is 0. The van der Waals surface area contributed by atoms with Gasteiger partial charge in [-0.2, -0.15) is 0 Å². The van der Waals surface area contributed by atoms with E-state index in [2.05, 4.69) is 4.90 Å². The van der Waals surface area contributed by atoms with E-state index in [1.165, 1.54) is 25.0 Å². The number of aromatic carboxylic acids is 1. The Labute approximate surface area is 112 Å². The number of rotatable bonds is 3. The molecule has 1 unspecified atom stereocenters. The molecule has 4 rings (SSSR count). The zero-order valence-corrected chi connectivity index (χ0v) is 10.7. The lowest BCUT2D eigenvalue weighted by Crippen LogP contribution is -2.52. The first-order chi connectivity index (χ1) is 9.13. The fourth-order valence-electron chi connectivity index (χ4n) is 3.00. The monoisotopic (exact) mass is 262 g/mol. The summed E-state index contributed by atoms with van der Waals surface area (Å²) < 4.78 is 6.00. The van der Waals surface area contributed by atoms with Crippen molar-refractivity contribution in [2.45, 2.75) is 18.9 Å². The molecule has 0 spiro atoms. The Hall–Kier alpha value is -1.75. The third kappa shape index (κ3) is 2.38. The Morgan fingerprint density at radius 3 is 2.63 bits per heavy atom. The lowest BCUT2D eigenvalue weighted by molar-refractivity contribution is -0.00739. The summed E-state index contributed by atoms with van der Waals surface area (Å²) in [6.45, 7) is 3.28.